The van der Waals surface area contributed by atoms with Crippen LogP contribution in [0.3, 0.4) is 0 Å². The molecule has 38 heavy (non-hydrogen) atoms. The maximum Gasteiger partial charge on any atom is 0.254 e. The first-order chi connectivity index (χ1) is 18.5. The third-order valence-corrected chi connectivity index (χ3v) is 7.43. The molecule has 1 aliphatic rings. The number of rotatable bonds is 12. The van der Waals surface area contributed by atoms with Crippen LogP contribution in [0.15, 0.2) is 78.9 Å². The van der Waals surface area contributed by atoms with Crippen molar-refractivity contribution in [2.45, 2.75) is 84.5 Å². The Bertz CT molecular complexity index is 1100. The molecule has 3 aromatic carbocycles. The molecule has 0 unspecified atom stereocenters. The zero-order valence-corrected chi connectivity index (χ0v) is 23.4. The molecule has 0 saturated carbocycles. The summed E-state index contributed by atoms with van der Waals surface area (Å²) in [4.78, 5) is 18.5. The van der Waals surface area contributed by atoms with Gasteiger partial charge in [0.2, 0.25) is 0 Å². The minimum absolute atomic E-state index is 0.133. The monoisotopic (exact) mass is 512 g/mol. The quantitative estimate of drug-likeness (QED) is 0.235. The Morgan fingerprint density at radius 2 is 1.53 bits per heavy atom. The fourth-order valence-corrected chi connectivity index (χ4v) is 5.30. The molecule has 0 atom stereocenters. The molecule has 4 nitrogen and oxygen atoms in total. The predicted octanol–water partition coefficient (Wildman–Crippen LogP) is 7.51. The van der Waals surface area contributed by atoms with E-state index in [1.165, 1.54) is 30.4 Å². The van der Waals surface area contributed by atoms with Gasteiger partial charge in [0.15, 0.2) is 0 Å². The lowest BCUT2D eigenvalue weighted by atomic mass is 9.99. The zero-order chi connectivity index (χ0) is 26.7. The lowest BCUT2D eigenvalue weighted by molar-refractivity contribution is 0.0543. The van der Waals surface area contributed by atoms with Crippen LogP contribution in [-0.4, -0.2) is 40.9 Å². The number of hydrogen-bond acceptors (Lipinski definition) is 3. The summed E-state index contributed by atoms with van der Waals surface area (Å²) in [6.07, 6.45) is 6.87. The molecular weight excluding hydrogens is 468 g/mol. The Morgan fingerprint density at radius 3 is 2.16 bits per heavy atom. The minimum Gasteiger partial charge on any atom is -0.491 e. The predicted molar refractivity (Wildman–Crippen MR) is 156 cm³/mol. The van der Waals surface area contributed by atoms with Gasteiger partial charge in [-0.15, -0.1) is 0 Å². The van der Waals surface area contributed by atoms with Crippen molar-refractivity contribution >= 4 is 5.91 Å². The van der Waals surface area contributed by atoms with Crippen molar-refractivity contribution in [1.82, 2.24) is 9.80 Å². The number of aryl methyl sites for hydroxylation is 1. The number of hydrogen-bond donors (Lipinski definition) is 0. The molecular formula is C34H44N2O2. The highest BCUT2D eigenvalue weighted by Gasteiger charge is 2.29. The third-order valence-electron chi connectivity index (χ3n) is 7.43. The van der Waals surface area contributed by atoms with Crippen molar-refractivity contribution in [3.63, 3.8) is 0 Å². The molecule has 0 N–H and O–H groups in total. The van der Waals surface area contributed by atoms with Crippen molar-refractivity contribution in [3.05, 3.63) is 101 Å². The van der Waals surface area contributed by atoms with Gasteiger partial charge < -0.3 is 9.64 Å². The van der Waals surface area contributed by atoms with E-state index >= 15 is 0 Å². The molecule has 0 aliphatic carbocycles. The Morgan fingerprint density at radius 1 is 0.868 bits per heavy atom. The number of nitrogens with zero attached hydrogens (tertiary/aromatic N) is 2. The van der Waals surface area contributed by atoms with Crippen LogP contribution in [-0.2, 0) is 19.5 Å². The average Bonchev–Trinajstić information content (AvgIpc) is 2.94. The van der Waals surface area contributed by atoms with Crippen LogP contribution in [0.1, 0.15) is 79.9 Å². The van der Waals surface area contributed by atoms with Crippen LogP contribution in [0.4, 0.5) is 0 Å². The van der Waals surface area contributed by atoms with Crippen molar-refractivity contribution in [2.75, 3.05) is 13.1 Å². The van der Waals surface area contributed by atoms with Crippen molar-refractivity contribution in [2.24, 2.45) is 0 Å². The van der Waals surface area contributed by atoms with Crippen LogP contribution in [0, 0.1) is 0 Å². The fourth-order valence-electron chi connectivity index (χ4n) is 5.30. The van der Waals surface area contributed by atoms with Gasteiger partial charge in [-0.25, -0.2) is 0 Å². The zero-order valence-electron chi connectivity index (χ0n) is 23.4. The van der Waals surface area contributed by atoms with Gasteiger partial charge in [0.25, 0.3) is 5.91 Å². The molecule has 202 valence electrons. The number of amides is 1. The van der Waals surface area contributed by atoms with Gasteiger partial charge in [-0.2, -0.15) is 0 Å². The maximum absolute atomic E-state index is 13.9. The molecule has 1 fully saturated rings. The summed E-state index contributed by atoms with van der Waals surface area (Å²) in [5.74, 6) is 1.00. The van der Waals surface area contributed by atoms with Gasteiger partial charge in [0.05, 0.1) is 6.10 Å². The van der Waals surface area contributed by atoms with Crippen LogP contribution in [0.25, 0.3) is 0 Å². The second-order valence-electron chi connectivity index (χ2n) is 10.9. The van der Waals surface area contributed by atoms with Crippen molar-refractivity contribution < 1.29 is 9.53 Å². The van der Waals surface area contributed by atoms with E-state index in [0.29, 0.717) is 6.54 Å². The van der Waals surface area contributed by atoms with Gasteiger partial charge in [-0.3, -0.25) is 9.69 Å². The number of ether oxygens (including phenoxy) is 1. The molecule has 0 spiro atoms. The maximum atomic E-state index is 13.9. The van der Waals surface area contributed by atoms with Crippen molar-refractivity contribution in [3.8, 4) is 5.75 Å². The summed E-state index contributed by atoms with van der Waals surface area (Å²) in [5.41, 5.74) is 4.59. The average molecular weight is 513 g/mol. The third kappa shape index (κ3) is 8.19. The van der Waals surface area contributed by atoms with Crippen LogP contribution >= 0.6 is 0 Å². The highest BCUT2D eigenvalue weighted by Crippen LogP contribution is 2.24. The summed E-state index contributed by atoms with van der Waals surface area (Å²) in [5, 5.41) is 0. The first-order valence-corrected chi connectivity index (χ1v) is 14.4. The van der Waals surface area contributed by atoms with Gasteiger partial charge in [-0.1, -0.05) is 74.4 Å². The van der Waals surface area contributed by atoms with E-state index in [-0.39, 0.29) is 18.1 Å². The number of likely N-dealkylation sites (tertiary alicyclic amines) is 1. The van der Waals surface area contributed by atoms with Gasteiger partial charge >= 0.3 is 0 Å². The molecule has 0 bridgehead atoms. The molecule has 1 aliphatic heterocycles. The lowest BCUT2D eigenvalue weighted by Gasteiger charge is -2.39. The molecule has 1 amide bonds. The second kappa shape index (κ2) is 14.2. The summed E-state index contributed by atoms with van der Waals surface area (Å²) < 4.78 is 5.83. The topological polar surface area (TPSA) is 32.8 Å². The second-order valence-corrected chi connectivity index (χ2v) is 10.9. The normalized spacial score (nSPS) is 14.5. The number of piperidine rings is 1. The summed E-state index contributed by atoms with van der Waals surface area (Å²) >= 11 is 0. The number of carbonyl (C=O) groups is 1. The first-order valence-electron chi connectivity index (χ1n) is 14.4. The lowest BCUT2D eigenvalue weighted by Crippen LogP contribution is -2.46. The number of benzene rings is 3. The smallest absolute Gasteiger partial charge is 0.254 e. The van der Waals surface area contributed by atoms with Gasteiger partial charge in [0.1, 0.15) is 5.75 Å². The molecule has 4 heteroatoms. The van der Waals surface area contributed by atoms with E-state index in [9.17, 15) is 4.79 Å². The highest BCUT2D eigenvalue weighted by atomic mass is 16.5. The van der Waals surface area contributed by atoms with E-state index < -0.39 is 0 Å². The van der Waals surface area contributed by atoms with E-state index in [0.717, 1.165) is 55.8 Å². The summed E-state index contributed by atoms with van der Waals surface area (Å²) in [6, 6.07) is 27.5. The van der Waals surface area contributed by atoms with E-state index in [1.807, 2.05) is 38.1 Å². The standard InChI is InChI=1S/C34H44N2O2/c1-4-5-7-10-28-13-17-31(18-14-28)34(37)36(26-30-15-19-33(20-16-30)38-27(2)3)32-21-23-35(24-22-32)25-29-11-8-6-9-12-29/h6,8-9,11-20,27,32H,4-5,7,10,21-26H2,1-3H3. The van der Waals surface area contributed by atoms with Crippen LogP contribution < -0.4 is 4.74 Å². The number of unbranched alkanes of at least 4 members (excludes halogenated alkanes) is 2. The molecule has 4 rings (SSSR count). The molecule has 1 saturated heterocycles. The Balaban J connectivity index is 1.46. The van der Waals surface area contributed by atoms with Gasteiger partial charge in [-0.05, 0) is 80.5 Å². The van der Waals surface area contributed by atoms with E-state index in [1.54, 1.807) is 0 Å². The highest BCUT2D eigenvalue weighted by molar-refractivity contribution is 5.94. The van der Waals surface area contributed by atoms with E-state index in [2.05, 4.69) is 71.3 Å². The number of carbonyl (C=O) groups excluding carboxylic acids is 1. The van der Waals surface area contributed by atoms with Crippen molar-refractivity contribution in [1.29, 1.82) is 0 Å². The summed E-state index contributed by atoms with van der Waals surface area (Å²) in [7, 11) is 0. The minimum atomic E-state index is 0.133. The Kier molecular flexibility index (Phi) is 10.4. The molecule has 3 aromatic rings. The summed E-state index contributed by atoms with van der Waals surface area (Å²) in [6.45, 7) is 9.89. The van der Waals surface area contributed by atoms with Gasteiger partial charge in [0, 0.05) is 37.8 Å². The van der Waals surface area contributed by atoms with Crippen LogP contribution in [0.2, 0.25) is 0 Å². The largest absolute Gasteiger partial charge is 0.491 e. The fraction of sp³-hybridized carbons (Fsp3) is 0.441. The Labute approximate surface area is 229 Å². The SMILES string of the molecule is CCCCCc1ccc(C(=O)N(Cc2ccc(OC(C)C)cc2)C2CCN(Cc3ccccc3)CC2)cc1. The molecule has 0 radical (unpaired) electrons. The molecule has 1 heterocycles. The molecule has 0 aromatic heterocycles. The Hall–Kier alpha value is -3.11. The van der Waals surface area contributed by atoms with E-state index in [4.69, 9.17) is 4.74 Å². The van der Waals surface area contributed by atoms with Crippen LogP contribution in [0.5, 0.6) is 5.75 Å². The first kappa shape index (κ1) is 27.9.